The van der Waals surface area contributed by atoms with E-state index in [9.17, 15) is 13.2 Å². The third-order valence-corrected chi connectivity index (χ3v) is 7.60. The van der Waals surface area contributed by atoms with Crippen LogP contribution in [0.2, 0.25) is 5.02 Å². The molecule has 160 valence electrons. The summed E-state index contributed by atoms with van der Waals surface area (Å²) >= 11 is 5.93. The van der Waals surface area contributed by atoms with Gasteiger partial charge in [-0.25, -0.2) is 8.42 Å². The van der Waals surface area contributed by atoms with E-state index in [0.717, 1.165) is 16.7 Å². The van der Waals surface area contributed by atoms with Crippen molar-refractivity contribution in [2.75, 3.05) is 10.8 Å². The summed E-state index contributed by atoms with van der Waals surface area (Å²) in [4.78, 5) is 13.0. The first-order chi connectivity index (χ1) is 14.8. The number of hydrogen-bond donors (Lipinski definition) is 1. The van der Waals surface area contributed by atoms with Gasteiger partial charge in [-0.15, -0.1) is 0 Å². The van der Waals surface area contributed by atoms with Crippen molar-refractivity contribution in [2.45, 2.75) is 31.2 Å². The highest BCUT2D eigenvalue weighted by Crippen LogP contribution is 2.33. The molecular formula is C24H23ClN2O3S. The molecule has 1 heterocycles. The number of carbonyl (C=O) groups is 1. The van der Waals surface area contributed by atoms with Gasteiger partial charge in [-0.05, 0) is 73.9 Å². The summed E-state index contributed by atoms with van der Waals surface area (Å²) in [6.07, 6.45) is 0.564. The van der Waals surface area contributed by atoms with Crippen molar-refractivity contribution in [1.29, 1.82) is 0 Å². The molecule has 1 amide bonds. The van der Waals surface area contributed by atoms with Gasteiger partial charge in [0.25, 0.3) is 15.9 Å². The van der Waals surface area contributed by atoms with Gasteiger partial charge in [0, 0.05) is 17.1 Å². The number of nitrogens with zero attached hydrogens (tertiary/aromatic N) is 1. The number of fused-ring (bicyclic) bond motifs is 1. The molecule has 3 aromatic carbocycles. The molecule has 0 unspecified atom stereocenters. The molecule has 7 heteroatoms. The van der Waals surface area contributed by atoms with Crippen LogP contribution in [-0.2, 0) is 16.4 Å². The number of benzene rings is 3. The van der Waals surface area contributed by atoms with E-state index in [0.29, 0.717) is 29.2 Å². The lowest BCUT2D eigenvalue weighted by atomic mass is 10.1. The van der Waals surface area contributed by atoms with Gasteiger partial charge in [-0.1, -0.05) is 41.4 Å². The number of sulfonamides is 1. The van der Waals surface area contributed by atoms with Crippen LogP contribution in [0.5, 0.6) is 0 Å². The Morgan fingerprint density at radius 3 is 2.39 bits per heavy atom. The zero-order valence-electron chi connectivity index (χ0n) is 17.3. The van der Waals surface area contributed by atoms with Crippen molar-refractivity contribution in [2.24, 2.45) is 0 Å². The van der Waals surface area contributed by atoms with Gasteiger partial charge in [0.05, 0.1) is 16.6 Å². The van der Waals surface area contributed by atoms with Gasteiger partial charge >= 0.3 is 0 Å². The van der Waals surface area contributed by atoms with Crippen LogP contribution in [0.25, 0.3) is 0 Å². The molecule has 0 radical (unpaired) electrons. The van der Waals surface area contributed by atoms with Crippen LogP contribution in [-0.4, -0.2) is 20.9 Å². The first-order valence-electron chi connectivity index (χ1n) is 10.0. The maximum absolute atomic E-state index is 13.1. The molecule has 1 atom stereocenters. The first kappa shape index (κ1) is 21.4. The van der Waals surface area contributed by atoms with Crippen molar-refractivity contribution < 1.29 is 13.2 Å². The maximum atomic E-state index is 13.1. The van der Waals surface area contributed by atoms with Crippen LogP contribution in [0, 0.1) is 6.92 Å². The quantitative estimate of drug-likeness (QED) is 0.596. The minimum atomic E-state index is -3.64. The predicted octanol–water partition coefficient (Wildman–Crippen LogP) is 4.89. The molecule has 0 saturated carbocycles. The second-order valence-corrected chi connectivity index (χ2v) is 10.0. The van der Waals surface area contributed by atoms with Crippen molar-refractivity contribution in [3.05, 3.63) is 94.0 Å². The standard InChI is InChI=1S/C24H23ClN2O3S/c1-16-3-10-22(11-4-16)31(29,30)27-14-13-19-15-20(7-12-23(19)27)24(28)26-17(2)18-5-8-21(25)9-6-18/h3-12,15,17H,13-14H2,1-2H3,(H,26,28)/t17-/m0/s1. The number of rotatable bonds is 5. The number of aryl methyl sites for hydroxylation is 1. The highest BCUT2D eigenvalue weighted by Gasteiger charge is 2.31. The van der Waals surface area contributed by atoms with Gasteiger partial charge in [0.1, 0.15) is 0 Å². The fraction of sp³-hybridized carbons (Fsp3) is 0.208. The largest absolute Gasteiger partial charge is 0.346 e. The van der Waals surface area contributed by atoms with Gasteiger partial charge in [0.2, 0.25) is 0 Å². The lowest BCUT2D eigenvalue weighted by molar-refractivity contribution is 0.0940. The van der Waals surface area contributed by atoms with Crippen LogP contribution in [0.4, 0.5) is 5.69 Å². The molecule has 1 aliphatic heterocycles. The van der Waals surface area contributed by atoms with E-state index in [1.165, 1.54) is 4.31 Å². The van der Waals surface area contributed by atoms with Gasteiger partial charge in [0.15, 0.2) is 0 Å². The lowest BCUT2D eigenvalue weighted by Gasteiger charge is -2.20. The Hall–Kier alpha value is -2.83. The average Bonchev–Trinajstić information content (AvgIpc) is 3.18. The average molecular weight is 455 g/mol. The molecular weight excluding hydrogens is 432 g/mol. The van der Waals surface area contributed by atoms with Gasteiger partial charge < -0.3 is 5.32 Å². The summed E-state index contributed by atoms with van der Waals surface area (Å²) < 4.78 is 27.6. The second-order valence-electron chi connectivity index (χ2n) is 7.73. The summed E-state index contributed by atoms with van der Waals surface area (Å²) in [5.74, 6) is -0.204. The summed E-state index contributed by atoms with van der Waals surface area (Å²) in [6.45, 7) is 4.18. The summed E-state index contributed by atoms with van der Waals surface area (Å²) in [5, 5.41) is 3.63. The summed E-state index contributed by atoms with van der Waals surface area (Å²) in [7, 11) is -3.64. The van der Waals surface area contributed by atoms with Crippen molar-refractivity contribution in [3.8, 4) is 0 Å². The number of carbonyl (C=O) groups excluding carboxylic acids is 1. The Morgan fingerprint density at radius 1 is 1.03 bits per heavy atom. The van der Waals surface area contributed by atoms with Crippen LogP contribution in [0.3, 0.4) is 0 Å². The van der Waals surface area contributed by atoms with Crippen LogP contribution < -0.4 is 9.62 Å². The van der Waals surface area contributed by atoms with E-state index in [1.54, 1.807) is 54.6 Å². The number of halogens is 1. The minimum Gasteiger partial charge on any atom is -0.346 e. The molecule has 5 nitrogen and oxygen atoms in total. The predicted molar refractivity (Wildman–Crippen MR) is 123 cm³/mol. The third-order valence-electron chi connectivity index (χ3n) is 5.52. The SMILES string of the molecule is Cc1ccc(S(=O)(=O)N2CCc3cc(C(=O)N[C@@H](C)c4ccc(Cl)cc4)ccc32)cc1. The second kappa shape index (κ2) is 8.36. The van der Waals surface area contributed by atoms with E-state index in [1.807, 2.05) is 26.0 Å². The smallest absolute Gasteiger partial charge is 0.264 e. The molecule has 0 aliphatic carbocycles. The molecule has 1 N–H and O–H groups in total. The zero-order chi connectivity index (χ0) is 22.2. The Bertz CT molecular complexity index is 1220. The lowest BCUT2D eigenvalue weighted by Crippen LogP contribution is -2.29. The van der Waals surface area contributed by atoms with E-state index in [4.69, 9.17) is 11.6 Å². The molecule has 31 heavy (non-hydrogen) atoms. The van der Waals surface area contributed by atoms with Gasteiger partial charge in [-0.3, -0.25) is 9.10 Å². The van der Waals surface area contributed by atoms with E-state index < -0.39 is 10.0 Å². The monoisotopic (exact) mass is 454 g/mol. The zero-order valence-corrected chi connectivity index (χ0v) is 18.9. The molecule has 0 spiro atoms. The van der Waals surface area contributed by atoms with Gasteiger partial charge in [-0.2, -0.15) is 0 Å². The van der Waals surface area contributed by atoms with Crippen molar-refractivity contribution in [3.63, 3.8) is 0 Å². The molecule has 3 aromatic rings. The number of amides is 1. The minimum absolute atomic E-state index is 0.184. The normalized spacial score (nSPS) is 14.2. The molecule has 0 fully saturated rings. The highest BCUT2D eigenvalue weighted by atomic mass is 35.5. The fourth-order valence-electron chi connectivity index (χ4n) is 3.71. The van der Waals surface area contributed by atoms with Crippen LogP contribution >= 0.6 is 11.6 Å². The van der Waals surface area contributed by atoms with Crippen molar-refractivity contribution >= 4 is 33.2 Å². The number of nitrogens with one attached hydrogen (secondary N) is 1. The Balaban J connectivity index is 1.53. The fourth-order valence-corrected chi connectivity index (χ4v) is 5.34. The topological polar surface area (TPSA) is 66.5 Å². The summed E-state index contributed by atoms with van der Waals surface area (Å²) in [6, 6.07) is 19.2. The molecule has 1 aliphatic rings. The van der Waals surface area contributed by atoms with E-state index >= 15 is 0 Å². The van der Waals surface area contributed by atoms with E-state index in [2.05, 4.69) is 5.32 Å². The highest BCUT2D eigenvalue weighted by molar-refractivity contribution is 7.92. The Kier molecular flexibility index (Phi) is 5.77. The van der Waals surface area contributed by atoms with Crippen LogP contribution in [0.15, 0.2) is 71.6 Å². The van der Waals surface area contributed by atoms with Crippen LogP contribution in [0.1, 0.15) is 40.0 Å². The van der Waals surface area contributed by atoms with E-state index in [-0.39, 0.29) is 16.8 Å². The maximum Gasteiger partial charge on any atom is 0.264 e. The third kappa shape index (κ3) is 4.31. The number of hydrogen-bond acceptors (Lipinski definition) is 3. The molecule has 0 bridgehead atoms. The molecule has 0 saturated heterocycles. The van der Waals surface area contributed by atoms with Crippen molar-refractivity contribution in [1.82, 2.24) is 5.32 Å². The Labute approximate surface area is 187 Å². The summed E-state index contributed by atoms with van der Waals surface area (Å²) in [5.41, 5.74) is 3.94. The number of anilines is 1. The first-order valence-corrected chi connectivity index (χ1v) is 11.9. The Morgan fingerprint density at radius 2 is 1.71 bits per heavy atom. The molecule has 4 rings (SSSR count). The molecule has 0 aromatic heterocycles.